The molecule has 3 heteroatoms. The topological polar surface area (TPSA) is 20.3 Å². The highest BCUT2D eigenvalue weighted by atomic mass is 35.5. The van der Waals surface area contributed by atoms with E-state index in [2.05, 4.69) is 19.0 Å². The first-order chi connectivity index (χ1) is 4.77. The second-order valence-corrected chi connectivity index (χ2v) is 2.82. The maximum atomic E-state index is 9.89. The number of unbranched alkanes of at least 4 members (excludes halogenated alkanes) is 3. The molecular weight excluding hydrogens is 162 g/mol. The molecule has 0 amide bonds. The molecule has 0 unspecified atom stereocenters. The van der Waals surface area contributed by atoms with Crippen molar-refractivity contribution in [2.45, 2.75) is 25.7 Å². The van der Waals surface area contributed by atoms with Crippen LogP contribution >= 0.6 is 12.4 Å². The van der Waals surface area contributed by atoms with Crippen molar-refractivity contribution in [2.24, 2.45) is 0 Å². The van der Waals surface area contributed by atoms with Gasteiger partial charge in [-0.2, -0.15) is 0 Å². The minimum atomic E-state index is 0. The molecule has 0 bridgehead atoms. The van der Waals surface area contributed by atoms with Gasteiger partial charge in [-0.15, -0.1) is 12.4 Å². The number of rotatable bonds is 6. The van der Waals surface area contributed by atoms with Crippen LogP contribution < -0.4 is 0 Å². The van der Waals surface area contributed by atoms with Crippen molar-refractivity contribution in [3.8, 4) is 0 Å². The molecule has 0 N–H and O–H groups in total. The van der Waals surface area contributed by atoms with Gasteiger partial charge in [0.2, 0.25) is 0 Å². The summed E-state index contributed by atoms with van der Waals surface area (Å²) in [4.78, 5) is 12.1. The van der Waals surface area contributed by atoms with Gasteiger partial charge in [0.05, 0.1) is 0 Å². The van der Waals surface area contributed by atoms with Crippen LogP contribution in [-0.2, 0) is 4.79 Å². The molecule has 0 aliphatic carbocycles. The van der Waals surface area contributed by atoms with Crippen molar-refractivity contribution >= 4 is 18.7 Å². The third-order valence-electron chi connectivity index (χ3n) is 1.43. The van der Waals surface area contributed by atoms with Crippen LogP contribution in [0, 0.1) is 0 Å². The average molecular weight is 180 g/mol. The Hall–Kier alpha value is -0.0800. The summed E-state index contributed by atoms with van der Waals surface area (Å²) in [5, 5.41) is 0. The van der Waals surface area contributed by atoms with Crippen LogP contribution in [0.25, 0.3) is 0 Å². The van der Waals surface area contributed by atoms with E-state index in [1.54, 1.807) is 0 Å². The Morgan fingerprint density at radius 1 is 1.18 bits per heavy atom. The van der Waals surface area contributed by atoms with Gasteiger partial charge in [0.25, 0.3) is 0 Å². The normalized spacial score (nSPS) is 9.36. The highest BCUT2D eigenvalue weighted by Gasteiger charge is 1.89. The van der Waals surface area contributed by atoms with Crippen LogP contribution in [0.15, 0.2) is 0 Å². The van der Waals surface area contributed by atoms with E-state index in [1.165, 1.54) is 12.8 Å². The molecule has 0 heterocycles. The van der Waals surface area contributed by atoms with Crippen LogP contribution in [-0.4, -0.2) is 31.8 Å². The van der Waals surface area contributed by atoms with Gasteiger partial charge < -0.3 is 9.69 Å². The zero-order valence-electron chi connectivity index (χ0n) is 7.38. The minimum absolute atomic E-state index is 0. The van der Waals surface area contributed by atoms with Gasteiger partial charge in [0.1, 0.15) is 6.29 Å². The summed E-state index contributed by atoms with van der Waals surface area (Å²) in [6, 6.07) is 0. The lowest BCUT2D eigenvalue weighted by Crippen LogP contribution is -2.12. The number of carbonyl (C=O) groups excluding carboxylic acids is 1. The Morgan fingerprint density at radius 2 is 1.82 bits per heavy atom. The average Bonchev–Trinajstić information content (AvgIpc) is 1.87. The van der Waals surface area contributed by atoms with Crippen molar-refractivity contribution in [3.63, 3.8) is 0 Å². The largest absolute Gasteiger partial charge is 0.309 e. The van der Waals surface area contributed by atoms with Gasteiger partial charge in [-0.05, 0) is 33.5 Å². The molecule has 68 valence electrons. The van der Waals surface area contributed by atoms with E-state index in [0.29, 0.717) is 0 Å². The fourth-order valence-electron chi connectivity index (χ4n) is 0.832. The highest BCUT2D eigenvalue weighted by Crippen LogP contribution is 1.97. The van der Waals surface area contributed by atoms with E-state index in [1.807, 2.05) is 0 Å². The van der Waals surface area contributed by atoms with E-state index in [4.69, 9.17) is 0 Å². The van der Waals surface area contributed by atoms with Gasteiger partial charge in [-0.3, -0.25) is 0 Å². The Labute approximate surface area is 75.4 Å². The zero-order chi connectivity index (χ0) is 7.82. The maximum absolute atomic E-state index is 9.89. The SMILES string of the molecule is CN(C)CCCCCC=O.Cl. The lowest BCUT2D eigenvalue weighted by Gasteiger charge is -2.07. The Morgan fingerprint density at radius 3 is 2.27 bits per heavy atom. The molecule has 0 rings (SSSR count). The number of hydrogen-bond acceptors (Lipinski definition) is 2. The summed E-state index contributed by atoms with van der Waals surface area (Å²) in [6.07, 6.45) is 5.16. The third kappa shape index (κ3) is 13.0. The summed E-state index contributed by atoms with van der Waals surface area (Å²) < 4.78 is 0. The summed E-state index contributed by atoms with van der Waals surface area (Å²) in [5.74, 6) is 0. The molecule has 0 radical (unpaired) electrons. The molecule has 0 fully saturated rings. The fourth-order valence-corrected chi connectivity index (χ4v) is 0.832. The maximum Gasteiger partial charge on any atom is 0.119 e. The van der Waals surface area contributed by atoms with Crippen molar-refractivity contribution in [2.75, 3.05) is 20.6 Å². The van der Waals surface area contributed by atoms with E-state index >= 15 is 0 Å². The summed E-state index contributed by atoms with van der Waals surface area (Å²) in [6.45, 7) is 1.14. The highest BCUT2D eigenvalue weighted by molar-refractivity contribution is 5.85. The minimum Gasteiger partial charge on any atom is -0.309 e. The van der Waals surface area contributed by atoms with Crippen molar-refractivity contribution in [1.29, 1.82) is 0 Å². The van der Waals surface area contributed by atoms with Crippen LogP contribution in [0.4, 0.5) is 0 Å². The number of hydrogen-bond donors (Lipinski definition) is 0. The Bertz CT molecular complexity index is 86.2. The second kappa shape index (κ2) is 9.92. The first-order valence-corrected chi connectivity index (χ1v) is 3.85. The fraction of sp³-hybridized carbons (Fsp3) is 0.875. The molecule has 0 aromatic carbocycles. The molecule has 0 aromatic heterocycles. The monoisotopic (exact) mass is 179 g/mol. The molecule has 0 aliphatic rings. The predicted octanol–water partition coefficient (Wildman–Crippen LogP) is 1.73. The van der Waals surface area contributed by atoms with Gasteiger partial charge in [-0.25, -0.2) is 0 Å². The van der Waals surface area contributed by atoms with Gasteiger partial charge in [0, 0.05) is 6.42 Å². The van der Waals surface area contributed by atoms with E-state index in [0.717, 1.165) is 25.7 Å². The summed E-state index contributed by atoms with van der Waals surface area (Å²) >= 11 is 0. The van der Waals surface area contributed by atoms with Gasteiger partial charge in [0.15, 0.2) is 0 Å². The first-order valence-electron chi connectivity index (χ1n) is 3.85. The number of halogens is 1. The lowest BCUT2D eigenvalue weighted by atomic mass is 10.2. The number of aldehydes is 1. The van der Waals surface area contributed by atoms with Gasteiger partial charge >= 0.3 is 0 Å². The predicted molar refractivity (Wildman–Crippen MR) is 50.3 cm³/mol. The molecule has 11 heavy (non-hydrogen) atoms. The van der Waals surface area contributed by atoms with Crippen LogP contribution in [0.2, 0.25) is 0 Å². The second-order valence-electron chi connectivity index (χ2n) is 2.82. The standard InChI is InChI=1S/C8H17NO.ClH/c1-9(2)7-5-3-4-6-8-10;/h8H,3-7H2,1-2H3;1H. The third-order valence-corrected chi connectivity index (χ3v) is 1.43. The van der Waals surface area contributed by atoms with E-state index in [9.17, 15) is 4.79 Å². The zero-order valence-corrected chi connectivity index (χ0v) is 8.19. The molecule has 0 aliphatic heterocycles. The smallest absolute Gasteiger partial charge is 0.119 e. The molecule has 0 aromatic rings. The summed E-state index contributed by atoms with van der Waals surface area (Å²) in [5.41, 5.74) is 0. The Balaban J connectivity index is 0. The van der Waals surface area contributed by atoms with Gasteiger partial charge in [-0.1, -0.05) is 6.42 Å². The molecule has 2 nitrogen and oxygen atoms in total. The molecule has 0 spiro atoms. The number of carbonyl (C=O) groups is 1. The quantitative estimate of drug-likeness (QED) is 0.457. The van der Waals surface area contributed by atoms with Crippen molar-refractivity contribution < 1.29 is 4.79 Å². The molecule has 0 saturated heterocycles. The molecular formula is C8H18ClNO. The number of nitrogens with zero attached hydrogens (tertiary/aromatic N) is 1. The first kappa shape index (κ1) is 13.5. The van der Waals surface area contributed by atoms with Crippen molar-refractivity contribution in [3.05, 3.63) is 0 Å². The van der Waals surface area contributed by atoms with E-state index in [-0.39, 0.29) is 12.4 Å². The molecule has 0 atom stereocenters. The van der Waals surface area contributed by atoms with E-state index < -0.39 is 0 Å². The Kier molecular flexibility index (Phi) is 12.2. The van der Waals surface area contributed by atoms with Crippen LogP contribution in [0.3, 0.4) is 0 Å². The van der Waals surface area contributed by atoms with Crippen molar-refractivity contribution in [1.82, 2.24) is 4.90 Å². The lowest BCUT2D eigenvalue weighted by molar-refractivity contribution is -0.107. The van der Waals surface area contributed by atoms with Crippen LogP contribution in [0.5, 0.6) is 0 Å². The molecule has 0 saturated carbocycles. The van der Waals surface area contributed by atoms with Crippen LogP contribution in [0.1, 0.15) is 25.7 Å². The summed E-state index contributed by atoms with van der Waals surface area (Å²) in [7, 11) is 4.14.